The Morgan fingerprint density at radius 3 is 1.91 bits per heavy atom. The number of nitrogens with two attached hydrogens (primary N) is 1. The van der Waals surface area contributed by atoms with E-state index in [-0.39, 0.29) is 29.6 Å². The minimum Gasteiger partial charge on any atom is -0.363 e. The van der Waals surface area contributed by atoms with Crippen LogP contribution in [0.1, 0.15) is 93.4 Å². The Kier molecular flexibility index (Phi) is 11.8. The van der Waals surface area contributed by atoms with Crippen molar-refractivity contribution in [3.8, 4) is 0 Å². The molecule has 0 aromatic rings. The Bertz CT molecular complexity index is 1090. The molecule has 2 aliphatic heterocycles. The van der Waals surface area contributed by atoms with Crippen molar-refractivity contribution in [2.45, 2.75) is 118 Å². The van der Waals surface area contributed by atoms with Crippen molar-refractivity contribution in [2.24, 2.45) is 34.8 Å². The lowest BCUT2D eigenvalue weighted by molar-refractivity contribution is -0.144. The van der Waals surface area contributed by atoms with Crippen LogP contribution in [0.4, 0.5) is 4.79 Å². The Labute approximate surface area is 262 Å². The summed E-state index contributed by atoms with van der Waals surface area (Å²) in [6, 6.07) is -4.30. The Morgan fingerprint density at radius 2 is 1.43 bits per heavy atom. The van der Waals surface area contributed by atoms with Crippen molar-refractivity contribution in [3.05, 3.63) is 0 Å². The van der Waals surface area contributed by atoms with Crippen LogP contribution in [0, 0.1) is 29.1 Å². The summed E-state index contributed by atoms with van der Waals surface area (Å²) in [5.74, 6) is -3.06. The number of hydrogen-bond acceptors (Lipinski definition) is 6. The first kappa shape index (κ1) is 35.3. The summed E-state index contributed by atoms with van der Waals surface area (Å²) in [5, 5.41) is 8.41. The third-order valence-corrected chi connectivity index (χ3v) is 9.55. The fourth-order valence-electron chi connectivity index (χ4n) is 6.60. The zero-order valence-corrected chi connectivity index (χ0v) is 27.6. The van der Waals surface area contributed by atoms with Crippen LogP contribution >= 0.6 is 0 Å². The molecular formula is C32H54N6O6. The first-order chi connectivity index (χ1) is 20.5. The molecule has 0 radical (unpaired) electrons. The lowest BCUT2D eigenvalue weighted by Crippen LogP contribution is -2.62. The second-order valence-corrected chi connectivity index (χ2v) is 14.7. The first-order valence-corrected chi connectivity index (χ1v) is 16.3. The summed E-state index contributed by atoms with van der Waals surface area (Å²) >= 11 is 0. The predicted molar refractivity (Wildman–Crippen MR) is 166 cm³/mol. The van der Waals surface area contributed by atoms with E-state index >= 15 is 0 Å². The minimum atomic E-state index is -1.10. The molecule has 2 heterocycles. The number of amides is 6. The van der Waals surface area contributed by atoms with Gasteiger partial charge in [0.05, 0.1) is 6.04 Å². The number of ketones is 1. The third-order valence-electron chi connectivity index (χ3n) is 9.55. The lowest BCUT2D eigenvalue weighted by Gasteiger charge is -2.37. The van der Waals surface area contributed by atoms with Crippen molar-refractivity contribution in [3.63, 3.8) is 0 Å². The molecule has 5 N–H and O–H groups in total. The number of nitrogens with one attached hydrogen (secondary N) is 3. The molecule has 0 bridgehead atoms. The lowest BCUT2D eigenvalue weighted by atomic mass is 9.80. The van der Waals surface area contributed by atoms with Gasteiger partial charge in [-0.2, -0.15) is 0 Å². The Hall–Kier alpha value is -3.18. The van der Waals surface area contributed by atoms with E-state index in [1.807, 2.05) is 48.5 Å². The standard InChI is InChI=1S/C32H54N6O6/c1-18(2)21-13-16-38(24(21)28(41)34-22(25(39)27(33)40)17-20-11-10-12-20)30(43)26(32(5,6)7)36-31(44)35-23(19(3)4)29(42)37-14-8-9-15-37/h18-24,26H,8-17H2,1-7H3,(H2,33,40)(H,34,41)(H2,35,36,44)/t21-,22?,23+,24+,26-/m1/s1. The summed E-state index contributed by atoms with van der Waals surface area (Å²) in [4.78, 5) is 82.3. The molecule has 3 aliphatic rings. The zero-order chi connectivity index (χ0) is 32.9. The van der Waals surface area contributed by atoms with Gasteiger partial charge < -0.3 is 31.5 Å². The van der Waals surface area contributed by atoms with Crippen LogP contribution in [0.15, 0.2) is 0 Å². The number of likely N-dealkylation sites (tertiary alicyclic amines) is 2. The topological polar surface area (TPSA) is 171 Å². The van der Waals surface area contributed by atoms with Crippen LogP contribution in [0.3, 0.4) is 0 Å². The van der Waals surface area contributed by atoms with Crippen LogP contribution in [0.2, 0.25) is 0 Å². The normalized spacial score (nSPS) is 22.8. The highest BCUT2D eigenvalue weighted by atomic mass is 16.2. The minimum absolute atomic E-state index is 0.0493. The molecule has 3 fully saturated rings. The van der Waals surface area contributed by atoms with E-state index in [0.717, 1.165) is 32.1 Å². The molecule has 44 heavy (non-hydrogen) atoms. The molecule has 248 valence electrons. The van der Waals surface area contributed by atoms with Gasteiger partial charge in [0.1, 0.15) is 18.1 Å². The molecular weight excluding hydrogens is 564 g/mol. The maximum Gasteiger partial charge on any atom is 0.316 e. The summed E-state index contributed by atoms with van der Waals surface area (Å²) in [7, 11) is 0. The van der Waals surface area contributed by atoms with Crippen molar-refractivity contribution in [1.82, 2.24) is 25.8 Å². The molecule has 1 saturated carbocycles. The largest absolute Gasteiger partial charge is 0.363 e. The van der Waals surface area contributed by atoms with Crippen molar-refractivity contribution < 1.29 is 28.8 Å². The molecule has 2 saturated heterocycles. The van der Waals surface area contributed by atoms with Crippen molar-refractivity contribution in [2.75, 3.05) is 19.6 Å². The smallest absolute Gasteiger partial charge is 0.316 e. The highest BCUT2D eigenvalue weighted by molar-refractivity contribution is 6.37. The van der Waals surface area contributed by atoms with Gasteiger partial charge in [0.2, 0.25) is 23.5 Å². The first-order valence-electron chi connectivity index (χ1n) is 16.3. The molecule has 1 unspecified atom stereocenters. The number of nitrogens with zero attached hydrogens (tertiary/aromatic N) is 2. The fraction of sp³-hybridized carbons (Fsp3) is 0.812. The van der Waals surface area contributed by atoms with Gasteiger partial charge in [-0.1, -0.05) is 67.7 Å². The number of hydrogen-bond donors (Lipinski definition) is 4. The van der Waals surface area contributed by atoms with Gasteiger partial charge in [0, 0.05) is 19.6 Å². The average Bonchev–Trinajstić information content (AvgIpc) is 3.60. The third kappa shape index (κ3) is 8.50. The Balaban J connectivity index is 1.81. The predicted octanol–water partition coefficient (Wildman–Crippen LogP) is 1.95. The van der Waals surface area contributed by atoms with E-state index in [0.29, 0.717) is 32.5 Å². The van der Waals surface area contributed by atoms with E-state index in [1.165, 1.54) is 4.90 Å². The fourth-order valence-corrected chi connectivity index (χ4v) is 6.60. The molecule has 6 amide bonds. The maximum absolute atomic E-state index is 14.2. The number of rotatable bonds is 12. The number of primary amides is 1. The van der Waals surface area contributed by atoms with Crippen molar-refractivity contribution in [1.29, 1.82) is 0 Å². The average molecular weight is 619 g/mol. The van der Waals surface area contributed by atoms with Crippen LogP contribution in [0.5, 0.6) is 0 Å². The van der Waals surface area contributed by atoms with Gasteiger partial charge in [0.25, 0.3) is 5.91 Å². The summed E-state index contributed by atoms with van der Waals surface area (Å²) in [5.41, 5.74) is 4.59. The number of carbonyl (C=O) groups is 6. The SMILES string of the molecule is CC(C)[C@H](NC(=O)N[C@H](C(=O)N1CC[C@H](C(C)C)[C@H]1C(=O)NC(CC1CCC1)C(=O)C(N)=O)C(C)(C)C)C(=O)N1CCCC1. The monoisotopic (exact) mass is 618 g/mol. The van der Waals surface area contributed by atoms with Gasteiger partial charge in [-0.25, -0.2) is 4.79 Å². The van der Waals surface area contributed by atoms with E-state index in [4.69, 9.17) is 5.73 Å². The molecule has 3 rings (SSSR count). The van der Waals surface area contributed by atoms with E-state index < -0.39 is 59.1 Å². The van der Waals surface area contributed by atoms with E-state index in [9.17, 15) is 28.8 Å². The maximum atomic E-state index is 14.2. The van der Waals surface area contributed by atoms with Crippen molar-refractivity contribution >= 4 is 35.4 Å². The summed E-state index contributed by atoms with van der Waals surface area (Å²) in [6.07, 6.45) is 5.65. The molecule has 1 aliphatic carbocycles. The molecule has 5 atom stereocenters. The van der Waals surface area contributed by atoms with Crippen LogP contribution in [-0.4, -0.2) is 89.0 Å². The highest BCUT2D eigenvalue weighted by Gasteiger charge is 2.48. The van der Waals surface area contributed by atoms with Gasteiger partial charge in [-0.3, -0.25) is 24.0 Å². The van der Waals surface area contributed by atoms with Gasteiger partial charge in [-0.05, 0) is 54.8 Å². The zero-order valence-electron chi connectivity index (χ0n) is 27.6. The van der Waals surface area contributed by atoms with E-state index in [1.54, 1.807) is 4.90 Å². The van der Waals surface area contributed by atoms with E-state index in [2.05, 4.69) is 16.0 Å². The van der Waals surface area contributed by atoms with Crippen LogP contribution < -0.4 is 21.7 Å². The summed E-state index contributed by atoms with van der Waals surface area (Å²) in [6.45, 7) is 14.8. The van der Waals surface area contributed by atoms with Crippen LogP contribution in [0.25, 0.3) is 0 Å². The van der Waals surface area contributed by atoms with Gasteiger partial charge in [0.15, 0.2) is 0 Å². The second kappa shape index (κ2) is 14.7. The molecule has 12 heteroatoms. The van der Waals surface area contributed by atoms with Crippen LogP contribution in [-0.2, 0) is 24.0 Å². The quantitative estimate of drug-likeness (QED) is 0.244. The molecule has 0 spiro atoms. The summed E-state index contributed by atoms with van der Waals surface area (Å²) < 4.78 is 0. The number of Topliss-reactive ketones (excluding diaryl/α,β-unsaturated/α-hetero) is 1. The molecule has 12 nitrogen and oxygen atoms in total. The second-order valence-electron chi connectivity index (χ2n) is 14.7. The molecule has 0 aromatic carbocycles. The number of carbonyl (C=O) groups excluding carboxylic acids is 6. The van der Waals surface area contributed by atoms with Gasteiger partial charge >= 0.3 is 6.03 Å². The molecule has 0 aromatic heterocycles. The highest BCUT2D eigenvalue weighted by Crippen LogP contribution is 2.34. The number of urea groups is 1. The van der Waals surface area contributed by atoms with Gasteiger partial charge in [-0.15, -0.1) is 0 Å². The Morgan fingerprint density at radius 1 is 0.818 bits per heavy atom.